The van der Waals surface area contributed by atoms with Crippen molar-refractivity contribution in [3.05, 3.63) is 64.7 Å². The summed E-state index contributed by atoms with van der Waals surface area (Å²) in [5, 5.41) is 15.5. The minimum atomic E-state index is -0.734. The van der Waals surface area contributed by atoms with Crippen LogP contribution in [0.25, 0.3) is 0 Å². The van der Waals surface area contributed by atoms with Gasteiger partial charge in [-0.05, 0) is 80.0 Å². The number of amides is 2. The van der Waals surface area contributed by atoms with Crippen molar-refractivity contribution in [1.29, 1.82) is 0 Å². The first-order chi connectivity index (χ1) is 16.4. The highest BCUT2D eigenvalue weighted by molar-refractivity contribution is 6.30. The number of carboxylic acid groups (broad SMARTS) is 1. The predicted molar refractivity (Wildman–Crippen MR) is 128 cm³/mol. The molecule has 0 aliphatic heterocycles. The van der Waals surface area contributed by atoms with Gasteiger partial charge in [-0.2, -0.15) is 0 Å². The Morgan fingerprint density at radius 1 is 0.971 bits per heavy atom. The van der Waals surface area contributed by atoms with E-state index in [9.17, 15) is 14.4 Å². The van der Waals surface area contributed by atoms with Gasteiger partial charge in [0, 0.05) is 29.6 Å². The van der Waals surface area contributed by atoms with E-state index in [0.717, 1.165) is 12.0 Å². The second-order valence-corrected chi connectivity index (χ2v) is 9.44. The molecule has 2 aliphatic rings. The van der Waals surface area contributed by atoms with E-state index in [1.54, 1.807) is 24.3 Å². The number of aliphatic carboxylic acids is 1. The SMILES string of the molecule is O=C(NCCNC(=O)[C@H]1C[C@@H]1c1cccc(Cl)c1)c1ccc(OC2CCC(C(=O)O)CC2)cc1. The van der Waals surface area contributed by atoms with Gasteiger partial charge in [0.15, 0.2) is 0 Å². The van der Waals surface area contributed by atoms with Gasteiger partial charge in [-0.3, -0.25) is 14.4 Å². The highest BCUT2D eigenvalue weighted by atomic mass is 35.5. The van der Waals surface area contributed by atoms with E-state index in [1.807, 2.05) is 24.3 Å². The summed E-state index contributed by atoms with van der Waals surface area (Å²) < 4.78 is 5.94. The zero-order chi connectivity index (χ0) is 24.1. The predicted octanol–water partition coefficient (Wildman–Crippen LogP) is 4.01. The smallest absolute Gasteiger partial charge is 0.306 e. The van der Waals surface area contributed by atoms with Crippen LogP contribution in [-0.4, -0.2) is 42.1 Å². The van der Waals surface area contributed by atoms with Crippen molar-refractivity contribution in [1.82, 2.24) is 10.6 Å². The van der Waals surface area contributed by atoms with E-state index < -0.39 is 5.97 Å². The van der Waals surface area contributed by atoms with E-state index >= 15 is 0 Å². The molecule has 2 saturated carbocycles. The molecule has 0 saturated heterocycles. The third-order valence-electron chi connectivity index (χ3n) is 6.56. The lowest BCUT2D eigenvalue weighted by molar-refractivity contribution is -0.143. The second-order valence-electron chi connectivity index (χ2n) is 9.00. The summed E-state index contributed by atoms with van der Waals surface area (Å²) in [5.74, 6) is -0.389. The van der Waals surface area contributed by atoms with Gasteiger partial charge in [0.2, 0.25) is 5.91 Å². The number of carbonyl (C=O) groups excluding carboxylic acids is 2. The fourth-order valence-electron chi connectivity index (χ4n) is 4.49. The van der Waals surface area contributed by atoms with Crippen LogP contribution in [0, 0.1) is 11.8 Å². The van der Waals surface area contributed by atoms with Crippen LogP contribution < -0.4 is 15.4 Å². The number of carboxylic acids is 1. The molecule has 180 valence electrons. The van der Waals surface area contributed by atoms with Crippen molar-refractivity contribution in [3.8, 4) is 5.75 Å². The topological polar surface area (TPSA) is 105 Å². The molecule has 2 aliphatic carbocycles. The Hall–Kier alpha value is -3.06. The Kier molecular flexibility index (Phi) is 7.73. The number of carbonyl (C=O) groups is 3. The molecule has 7 nitrogen and oxygen atoms in total. The van der Waals surface area contributed by atoms with Crippen LogP contribution in [0.3, 0.4) is 0 Å². The molecule has 8 heteroatoms. The third-order valence-corrected chi connectivity index (χ3v) is 6.79. The van der Waals surface area contributed by atoms with Crippen LogP contribution in [0.4, 0.5) is 0 Å². The fourth-order valence-corrected chi connectivity index (χ4v) is 4.69. The molecule has 2 amide bonds. The van der Waals surface area contributed by atoms with Gasteiger partial charge < -0.3 is 20.5 Å². The van der Waals surface area contributed by atoms with Crippen LogP contribution in [0.1, 0.15) is 53.9 Å². The highest BCUT2D eigenvalue weighted by Crippen LogP contribution is 2.47. The van der Waals surface area contributed by atoms with Crippen LogP contribution in [0.15, 0.2) is 48.5 Å². The maximum atomic E-state index is 12.4. The van der Waals surface area contributed by atoms with E-state index in [1.165, 1.54) is 0 Å². The van der Waals surface area contributed by atoms with Crippen molar-refractivity contribution in [2.45, 2.75) is 44.1 Å². The standard InChI is InChI=1S/C26H29ClN2O5/c27-19-3-1-2-18(14-19)22-15-23(22)25(31)29-13-12-28-24(30)16-4-8-20(9-5-16)34-21-10-6-17(7-11-21)26(32)33/h1-5,8-9,14,17,21-23H,6-7,10-13,15H2,(H,28,30)(H,29,31)(H,32,33)/t17?,21?,22-,23+/m1/s1. The Balaban J connectivity index is 1.14. The molecule has 0 heterocycles. The van der Waals surface area contributed by atoms with Crippen LogP contribution in [0.2, 0.25) is 5.02 Å². The number of nitrogens with one attached hydrogen (secondary N) is 2. The third kappa shape index (κ3) is 6.29. The maximum Gasteiger partial charge on any atom is 0.306 e. The number of ether oxygens (including phenoxy) is 1. The number of halogens is 1. The average Bonchev–Trinajstić information content (AvgIpc) is 3.64. The molecule has 2 fully saturated rings. The zero-order valence-electron chi connectivity index (χ0n) is 18.8. The summed E-state index contributed by atoms with van der Waals surface area (Å²) in [6.45, 7) is 0.702. The first-order valence-electron chi connectivity index (χ1n) is 11.7. The molecule has 4 rings (SSSR count). The van der Waals surface area contributed by atoms with Crippen molar-refractivity contribution in [3.63, 3.8) is 0 Å². The molecule has 0 spiro atoms. The molecular weight excluding hydrogens is 456 g/mol. The molecule has 0 bridgehead atoms. The lowest BCUT2D eigenvalue weighted by Gasteiger charge is -2.26. The van der Waals surface area contributed by atoms with Gasteiger partial charge in [0.05, 0.1) is 12.0 Å². The molecule has 2 aromatic rings. The van der Waals surface area contributed by atoms with Crippen molar-refractivity contribution in [2.75, 3.05) is 13.1 Å². The minimum absolute atomic E-state index is 0.00175. The van der Waals surface area contributed by atoms with E-state index in [4.69, 9.17) is 21.4 Å². The molecule has 0 unspecified atom stereocenters. The highest BCUT2D eigenvalue weighted by Gasteiger charge is 2.43. The van der Waals surface area contributed by atoms with Gasteiger partial charge in [-0.25, -0.2) is 0 Å². The number of hydrogen-bond acceptors (Lipinski definition) is 4. The van der Waals surface area contributed by atoms with Gasteiger partial charge in [0.1, 0.15) is 5.75 Å². The zero-order valence-corrected chi connectivity index (χ0v) is 19.6. The second kappa shape index (κ2) is 10.9. The monoisotopic (exact) mass is 484 g/mol. The van der Waals surface area contributed by atoms with Gasteiger partial charge in [-0.15, -0.1) is 0 Å². The summed E-state index contributed by atoms with van der Waals surface area (Å²) in [6.07, 6.45) is 3.49. The molecule has 34 heavy (non-hydrogen) atoms. The van der Waals surface area contributed by atoms with E-state index in [2.05, 4.69) is 10.6 Å². The molecule has 2 atom stereocenters. The lowest BCUT2D eigenvalue weighted by atomic mass is 9.87. The first-order valence-corrected chi connectivity index (χ1v) is 12.1. The first kappa shape index (κ1) is 24.1. The Morgan fingerprint density at radius 3 is 2.35 bits per heavy atom. The number of rotatable bonds is 9. The van der Waals surface area contributed by atoms with Crippen molar-refractivity contribution in [2.24, 2.45) is 11.8 Å². The van der Waals surface area contributed by atoms with Crippen LogP contribution in [-0.2, 0) is 9.59 Å². The van der Waals surface area contributed by atoms with E-state index in [-0.39, 0.29) is 35.7 Å². The number of benzene rings is 2. The molecule has 3 N–H and O–H groups in total. The normalized spacial score (nSPS) is 23.6. The number of hydrogen-bond donors (Lipinski definition) is 3. The van der Waals surface area contributed by atoms with Crippen LogP contribution in [0.5, 0.6) is 5.75 Å². The van der Waals surface area contributed by atoms with Crippen LogP contribution >= 0.6 is 11.6 Å². The van der Waals surface area contributed by atoms with Gasteiger partial charge in [0.25, 0.3) is 5.91 Å². The van der Waals surface area contributed by atoms with Crippen molar-refractivity contribution < 1.29 is 24.2 Å². The average molecular weight is 485 g/mol. The van der Waals surface area contributed by atoms with E-state index in [0.29, 0.717) is 55.1 Å². The quantitative estimate of drug-likeness (QED) is 0.466. The summed E-state index contributed by atoms with van der Waals surface area (Å²) in [5.41, 5.74) is 1.60. The summed E-state index contributed by atoms with van der Waals surface area (Å²) >= 11 is 6.03. The minimum Gasteiger partial charge on any atom is -0.490 e. The van der Waals surface area contributed by atoms with Crippen molar-refractivity contribution >= 4 is 29.4 Å². The molecule has 0 aromatic heterocycles. The Morgan fingerprint density at radius 2 is 1.68 bits per heavy atom. The summed E-state index contributed by atoms with van der Waals surface area (Å²) in [6, 6.07) is 14.5. The summed E-state index contributed by atoms with van der Waals surface area (Å²) in [4.78, 5) is 35.8. The molecular formula is C26H29ClN2O5. The summed E-state index contributed by atoms with van der Waals surface area (Å²) in [7, 11) is 0. The molecule has 2 aromatic carbocycles. The van der Waals surface area contributed by atoms with Gasteiger partial charge >= 0.3 is 5.97 Å². The Labute approximate surface area is 203 Å². The molecule has 0 radical (unpaired) electrons. The maximum absolute atomic E-state index is 12.4. The largest absolute Gasteiger partial charge is 0.490 e. The fraction of sp³-hybridized carbons (Fsp3) is 0.423. The Bertz CT molecular complexity index is 1030. The van der Waals surface area contributed by atoms with Gasteiger partial charge in [-0.1, -0.05) is 23.7 Å². The lowest BCUT2D eigenvalue weighted by Crippen LogP contribution is -2.35.